The predicted octanol–water partition coefficient (Wildman–Crippen LogP) is 4.86. The van der Waals surface area contributed by atoms with Gasteiger partial charge in [0.15, 0.2) is 0 Å². The Morgan fingerprint density at radius 2 is 1.82 bits per heavy atom. The summed E-state index contributed by atoms with van der Waals surface area (Å²) in [5, 5.41) is 2.50. The van der Waals surface area contributed by atoms with Crippen molar-refractivity contribution in [1.29, 1.82) is 0 Å². The molecule has 0 bridgehead atoms. The number of ether oxygens (including phenoxy) is 1. The highest BCUT2D eigenvalue weighted by Crippen LogP contribution is 2.36. The number of nitrogens with zero attached hydrogens (tertiary/aromatic N) is 2. The molecule has 39 heavy (non-hydrogen) atoms. The van der Waals surface area contributed by atoms with Crippen LogP contribution in [0.5, 0.6) is 5.75 Å². The number of nitrogens with one attached hydrogen (secondary N) is 1. The highest BCUT2D eigenvalue weighted by molar-refractivity contribution is 7.92. The van der Waals surface area contributed by atoms with Crippen LogP contribution in [0.2, 0.25) is 5.02 Å². The lowest BCUT2D eigenvalue weighted by Gasteiger charge is -2.33. The van der Waals surface area contributed by atoms with Crippen LogP contribution in [0.3, 0.4) is 0 Å². The molecular formula is C26H33ClF3N3O5S. The van der Waals surface area contributed by atoms with Gasteiger partial charge in [0.25, 0.3) is 0 Å². The Hall–Kier alpha value is -2.99. The second-order valence-corrected chi connectivity index (χ2v) is 11.2. The van der Waals surface area contributed by atoms with Gasteiger partial charge in [0.1, 0.15) is 18.3 Å². The lowest BCUT2D eigenvalue weighted by molar-refractivity contribution is -0.140. The molecule has 0 aliphatic rings. The molecule has 13 heteroatoms. The first-order valence-corrected chi connectivity index (χ1v) is 14.5. The van der Waals surface area contributed by atoms with E-state index < -0.39 is 51.9 Å². The fourth-order valence-electron chi connectivity index (χ4n) is 3.87. The van der Waals surface area contributed by atoms with Crippen molar-refractivity contribution in [3.63, 3.8) is 0 Å². The zero-order chi connectivity index (χ0) is 29.4. The molecule has 0 aliphatic carbocycles. The molecule has 0 radical (unpaired) electrons. The lowest BCUT2D eigenvalue weighted by atomic mass is 10.1. The van der Waals surface area contributed by atoms with Crippen LogP contribution in [0.1, 0.15) is 44.2 Å². The van der Waals surface area contributed by atoms with E-state index in [1.54, 1.807) is 31.2 Å². The van der Waals surface area contributed by atoms with Gasteiger partial charge in [-0.3, -0.25) is 13.9 Å². The number of alkyl halides is 3. The number of methoxy groups -OCH3 is 1. The quantitative estimate of drug-likeness (QED) is 0.336. The van der Waals surface area contributed by atoms with Crippen molar-refractivity contribution in [2.75, 3.05) is 30.8 Å². The molecule has 0 aromatic heterocycles. The van der Waals surface area contributed by atoms with Crippen LogP contribution in [-0.4, -0.2) is 57.6 Å². The van der Waals surface area contributed by atoms with Gasteiger partial charge in [-0.1, -0.05) is 44.0 Å². The number of benzene rings is 2. The molecule has 0 saturated carbocycles. The van der Waals surface area contributed by atoms with Crippen molar-refractivity contribution < 1.29 is 35.9 Å². The summed E-state index contributed by atoms with van der Waals surface area (Å²) in [4.78, 5) is 28.0. The third-order valence-corrected chi connectivity index (χ3v) is 7.37. The molecule has 2 rings (SSSR count). The zero-order valence-electron chi connectivity index (χ0n) is 22.2. The van der Waals surface area contributed by atoms with Crippen molar-refractivity contribution >= 4 is 39.1 Å². The van der Waals surface area contributed by atoms with Crippen LogP contribution >= 0.6 is 11.6 Å². The standard InChI is InChI=1S/C26H33ClF3N3O5S/c1-5-7-13-31-25(35)22(6-2)32(16-18-9-8-10-20(14-18)38-3)24(34)17-33(39(4,36)37)23-15-19(26(28,29)30)11-12-21(23)27/h8-12,14-15,22H,5-7,13,16-17H2,1-4H3,(H,31,35)/t22-/m1/s1. The van der Waals surface area contributed by atoms with Gasteiger partial charge in [0.05, 0.1) is 29.6 Å². The Labute approximate surface area is 232 Å². The number of halogens is 4. The SMILES string of the molecule is CCCCNC(=O)[C@@H](CC)N(Cc1cccc(OC)c1)C(=O)CN(c1cc(C(F)(F)F)ccc1Cl)S(C)(=O)=O. The van der Waals surface area contributed by atoms with Gasteiger partial charge in [0.2, 0.25) is 21.8 Å². The first-order valence-electron chi connectivity index (χ1n) is 12.3. The molecular weight excluding hydrogens is 559 g/mol. The molecule has 0 aliphatic heterocycles. The summed E-state index contributed by atoms with van der Waals surface area (Å²) in [6, 6.07) is 8.03. The summed E-state index contributed by atoms with van der Waals surface area (Å²) in [6.07, 6.45) is -2.24. The molecule has 0 unspecified atom stereocenters. The van der Waals surface area contributed by atoms with Gasteiger partial charge in [0, 0.05) is 13.1 Å². The van der Waals surface area contributed by atoms with Crippen LogP contribution in [-0.2, 0) is 32.3 Å². The number of hydrogen-bond donors (Lipinski definition) is 1. The molecule has 1 atom stereocenters. The maximum atomic E-state index is 13.7. The topological polar surface area (TPSA) is 96.0 Å². The predicted molar refractivity (Wildman–Crippen MR) is 144 cm³/mol. The van der Waals surface area contributed by atoms with E-state index >= 15 is 0 Å². The van der Waals surface area contributed by atoms with Crippen LogP contribution in [0.15, 0.2) is 42.5 Å². The number of sulfonamides is 1. The third-order valence-electron chi connectivity index (χ3n) is 5.92. The monoisotopic (exact) mass is 591 g/mol. The van der Waals surface area contributed by atoms with Crippen molar-refractivity contribution in [1.82, 2.24) is 10.2 Å². The minimum absolute atomic E-state index is 0.0797. The molecule has 216 valence electrons. The highest BCUT2D eigenvalue weighted by atomic mass is 35.5. The van der Waals surface area contributed by atoms with Gasteiger partial charge in [-0.15, -0.1) is 0 Å². The van der Waals surface area contributed by atoms with Gasteiger partial charge >= 0.3 is 6.18 Å². The number of anilines is 1. The summed E-state index contributed by atoms with van der Waals surface area (Å²) in [6.45, 7) is 3.10. The number of unbranched alkanes of at least 4 members (excludes halogenated alkanes) is 1. The van der Waals surface area contributed by atoms with Crippen molar-refractivity contribution in [3.8, 4) is 5.75 Å². The maximum Gasteiger partial charge on any atom is 0.416 e. The number of amides is 2. The summed E-state index contributed by atoms with van der Waals surface area (Å²) in [5.41, 5.74) is -1.02. The summed E-state index contributed by atoms with van der Waals surface area (Å²) >= 11 is 6.11. The largest absolute Gasteiger partial charge is 0.497 e. The molecule has 0 fully saturated rings. The summed E-state index contributed by atoms with van der Waals surface area (Å²) < 4.78 is 71.3. The Balaban J connectivity index is 2.53. The van der Waals surface area contributed by atoms with Gasteiger partial charge < -0.3 is 15.0 Å². The van der Waals surface area contributed by atoms with E-state index in [4.69, 9.17) is 16.3 Å². The second kappa shape index (κ2) is 13.9. The number of carbonyl (C=O) groups is 2. The molecule has 8 nitrogen and oxygen atoms in total. The molecule has 2 aromatic carbocycles. The van der Waals surface area contributed by atoms with Crippen molar-refractivity contribution in [3.05, 3.63) is 58.6 Å². The maximum absolute atomic E-state index is 13.7. The number of carbonyl (C=O) groups excluding carboxylic acids is 2. The Bertz CT molecular complexity index is 1260. The molecule has 1 N–H and O–H groups in total. The number of hydrogen-bond acceptors (Lipinski definition) is 5. The summed E-state index contributed by atoms with van der Waals surface area (Å²) in [7, 11) is -2.80. The Kier molecular flexibility index (Phi) is 11.5. The minimum Gasteiger partial charge on any atom is -0.497 e. The fourth-order valence-corrected chi connectivity index (χ4v) is 4.99. The Morgan fingerprint density at radius 1 is 1.13 bits per heavy atom. The summed E-state index contributed by atoms with van der Waals surface area (Å²) in [5.74, 6) is -0.715. The average molecular weight is 592 g/mol. The molecule has 0 saturated heterocycles. The van der Waals surface area contributed by atoms with Gasteiger partial charge in [-0.2, -0.15) is 13.2 Å². The van der Waals surface area contributed by atoms with E-state index in [0.29, 0.717) is 28.2 Å². The van der Waals surface area contributed by atoms with Gasteiger partial charge in [-0.25, -0.2) is 8.42 Å². The van der Waals surface area contributed by atoms with Crippen molar-refractivity contribution in [2.45, 2.75) is 51.9 Å². The van der Waals surface area contributed by atoms with Crippen molar-refractivity contribution in [2.24, 2.45) is 0 Å². The second-order valence-electron chi connectivity index (χ2n) is 8.88. The smallest absolute Gasteiger partial charge is 0.416 e. The van der Waals surface area contributed by atoms with Crippen LogP contribution in [0.4, 0.5) is 18.9 Å². The molecule has 0 heterocycles. The highest BCUT2D eigenvalue weighted by Gasteiger charge is 2.35. The van der Waals surface area contributed by atoms with Crippen LogP contribution < -0.4 is 14.4 Å². The number of rotatable bonds is 13. The molecule has 0 spiro atoms. The van der Waals surface area contributed by atoms with E-state index in [0.717, 1.165) is 31.2 Å². The first kappa shape index (κ1) is 32.2. The van der Waals surface area contributed by atoms with E-state index in [-0.39, 0.29) is 18.0 Å². The van der Waals surface area contributed by atoms with Crippen LogP contribution in [0, 0.1) is 0 Å². The first-order chi connectivity index (χ1) is 18.2. The van der Waals surface area contributed by atoms with E-state index in [1.807, 2.05) is 6.92 Å². The fraction of sp³-hybridized carbons (Fsp3) is 0.462. The zero-order valence-corrected chi connectivity index (χ0v) is 23.8. The normalized spacial score (nSPS) is 12.5. The minimum atomic E-state index is -4.77. The molecule has 2 aromatic rings. The van der Waals surface area contributed by atoms with E-state index in [9.17, 15) is 31.2 Å². The Morgan fingerprint density at radius 3 is 2.38 bits per heavy atom. The van der Waals surface area contributed by atoms with Gasteiger partial charge in [-0.05, 0) is 48.7 Å². The van der Waals surface area contributed by atoms with Crippen LogP contribution in [0.25, 0.3) is 0 Å². The third kappa shape index (κ3) is 9.03. The van der Waals surface area contributed by atoms with E-state index in [2.05, 4.69) is 5.32 Å². The molecule has 2 amide bonds. The lowest BCUT2D eigenvalue weighted by Crippen LogP contribution is -2.52. The average Bonchev–Trinajstić information content (AvgIpc) is 2.86. The van der Waals surface area contributed by atoms with E-state index in [1.165, 1.54) is 12.0 Å².